The molecule has 3 aromatic carbocycles. The van der Waals surface area contributed by atoms with Crippen LogP contribution in [0.2, 0.25) is 0 Å². The van der Waals surface area contributed by atoms with Crippen molar-refractivity contribution in [2.75, 3.05) is 0 Å². The van der Waals surface area contributed by atoms with E-state index in [1.165, 1.54) is 38.6 Å². The van der Waals surface area contributed by atoms with E-state index in [0.29, 0.717) is 0 Å². The second-order valence-electron chi connectivity index (χ2n) is 7.25. The molecule has 0 fully saturated rings. The third-order valence-corrected chi connectivity index (χ3v) is 4.66. The second kappa shape index (κ2) is 6.82. The number of rotatable bonds is 2. The first-order valence-electron chi connectivity index (χ1n) is 8.20. The molecule has 0 saturated heterocycles. The van der Waals surface area contributed by atoms with Crippen LogP contribution in [0.3, 0.4) is 0 Å². The Balaban J connectivity index is 0.00000192. The van der Waals surface area contributed by atoms with Gasteiger partial charge in [-0.15, -0.1) is 34.5 Å². The van der Waals surface area contributed by atoms with E-state index in [1.54, 1.807) is 0 Å². The molecule has 1 heteroatoms. The summed E-state index contributed by atoms with van der Waals surface area (Å²) >= 11 is 0. The number of hydrogen-bond donors (Lipinski definition) is 0. The Bertz CT molecular complexity index is 798. The summed E-state index contributed by atoms with van der Waals surface area (Å²) < 4.78 is 0. The van der Waals surface area contributed by atoms with E-state index < -0.39 is 0 Å². The zero-order valence-electron chi connectivity index (χ0n) is 14.8. The Hall–Kier alpha value is -1.07. The average Bonchev–Trinajstić information content (AvgIpc) is 2.85. The molecule has 3 rings (SSSR count). The Morgan fingerprint density at radius 1 is 0.957 bits per heavy atom. The van der Waals surface area contributed by atoms with Crippen molar-refractivity contribution < 1.29 is 26.2 Å². The van der Waals surface area contributed by atoms with E-state index in [9.17, 15) is 0 Å². The van der Waals surface area contributed by atoms with Gasteiger partial charge in [0.25, 0.3) is 0 Å². The Labute approximate surface area is 159 Å². The molecule has 0 heterocycles. The molecule has 118 valence electrons. The standard InChI is InChI=1S/C22H25.Zr/c1-6-16-10-12-17(13-11-16)19-9-7-8-18-14-20(22(3,4)5)15(2)21(18)19;/h7-14H,6H2,1-5H3;/q-1;. The third kappa shape index (κ3) is 3.41. The van der Waals surface area contributed by atoms with Crippen molar-refractivity contribution in [1.29, 1.82) is 0 Å². The molecule has 0 N–H and O–H groups in total. The molecule has 0 nitrogen and oxygen atoms in total. The molecule has 23 heavy (non-hydrogen) atoms. The van der Waals surface area contributed by atoms with Crippen molar-refractivity contribution in [1.82, 2.24) is 0 Å². The molecule has 0 unspecified atom stereocenters. The van der Waals surface area contributed by atoms with Crippen LogP contribution in [0.4, 0.5) is 0 Å². The molecule has 0 aliphatic rings. The maximum Gasteiger partial charge on any atom is 0 e. The monoisotopic (exact) mass is 379 g/mol. The summed E-state index contributed by atoms with van der Waals surface area (Å²) in [6.45, 7) is 11.4. The van der Waals surface area contributed by atoms with Crippen molar-refractivity contribution in [3.8, 4) is 11.1 Å². The fourth-order valence-corrected chi connectivity index (χ4v) is 3.45. The molecule has 0 saturated carbocycles. The Morgan fingerprint density at radius 3 is 2.17 bits per heavy atom. The first-order chi connectivity index (χ1) is 10.4. The van der Waals surface area contributed by atoms with Crippen LogP contribution in [0.15, 0.2) is 48.5 Å². The summed E-state index contributed by atoms with van der Waals surface area (Å²) in [4.78, 5) is 0. The molecule has 0 bridgehead atoms. The molecule has 0 amide bonds. The van der Waals surface area contributed by atoms with Crippen LogP contribution in [-0.4, -0.2) is 0 Å². The van der Waals surface area contributed by atoms with Gasteiger partial charge in [-0.25, -0.2) is 0 Å². The zero-order chi connectivity index (χ0) is 15.9. The molecular weight excluding hydrogens is 355 g/mol. The van der Waals surface area contributed by atoms with Gasteiger partial charge < -0.3 is 0 Å². The maximum atomic E-state index is 2.37. The predicted molar refractivity (Wildman–Crippen MR) is 97.8 cm³/mol. The number of benzene rings is 2. The normalized spacial score (nSPS) is 11.5. The van der Waals surface area contributed by atoms with Crippen LogP contribution in [0.25, 0.3) is 21.9 Å². The topological polar surface area (TPSA) is 0 Å². The van der Waals surface area contributed by atoms with Gasteiger partial charge in [0.1, 0.15) is 0 Å². The number of fused-ring (bicyclic) bond motifs is 1. The molecule has 0 atom stereocenters. The van der Waals surface area contributed by atoms with Gasteiger partial charge in [-0.1, -0.05) is 70.5 Å². The fraction of sp³-hybridized carbons (Fsp3) is 0.318. The first kappa shape index (κ1) is 18.3. The zero-order valence-corrected chi connectivity index (χ0v) is 17.3. The van der Waals surface area contributed by atoms with Crippen molar-refractivity contribution >= 4 is 10.8 Å². The van der Waals surface area contributed by atoms with Crippen LogP contribution in [0.5, 0.6) is 0 Å². The summed E-state index contributed by atoms with van der Waals surface area (Å²) in [5.41, 5.74) is 7.14. The third-order valence-electron chi connectivity index (χ3n) is 4.66. The summed E-state index contributed by atoms with van der Waals surface area (Å²) in [6, 6.07) is 18.1. The quantitative estimate of drug-likeness (QED) is 0.452. The Morgan fingerprint density at radius 2 is 1.61 bits per heavy atom. The average molecular weight is 381 g/mol. The molecule has 3 aromatic rings. The van der Waals surface area contributed by atoms with Crippen molar-refractivity contribution in [2.24, 2.45) is 0 Å². The van der Waals surface area contributed by atoms with Crippen molar-refractivity contribution in [3.63, 3.8) is 0 Å². The Kier molecular flexibility index (Phi) is 5.42. The van der Waals surface area contributed by atoms with E-state index in [0.717, 1.165) is 6.42 Å². The first-order valence-corrected chi connectivity index (χ1v) is 8.20. The summed E-state index contributed by atoms with van der Waals surface area (Å²) in [6.07, 6.45) is 1.09. The van der Waals surface area contributed by atoms with E-state index >= 15 is 0 Å². The van der Waals surface area contributed by atoms with Crippen molar-refractivity contribution in [2.45, 2.75) is 46.5 Å². The van der Waals surface area contributed by atoms with Crippen LogP contribution < -0.4 is 0 Å². The minimum atomic E-state index is 0. The van der Waals surface area contributed by atoms with Crippen LogP contribution >= 0.6 is 0 Å². The molecule has 0 aliphatic carbocycles. The van der Waals surface area contributed by atoms with Crippen LogP contribution in [0.1, 0.15) is 44.4 Å². The minimum Gasteiger partial charge on any atom is -0.152 e. The fourth-order valence-electron chi connectivity index (χ4n) is 3.45. The molecular formula is C22H25Zr-. The predicted octanol–water partition coefficient (Wildman–Crippen LogP) is 6.39. The minimum absolute atomic E-state index is 0. The largest absolute Gasteiger partial charge is 0.152 e. The van der Waals surface area contributed by atoms with Gasteiger partial charge in [0.2, 0.25) is 0 Å². The van der Waals surface area contributed by atoms with E-state index in [2.05, 4.69) is 83.1 Å². The smallest absolute Gasteiger partial charge is 0 e. The van der Waals surface area contributed by atoms with Crippen molar-refractivity contribution in [3.05, 3.63) is 65.2 Å². The van der Waals surface area contributed by atoms with Gasteiger partial charge in [0.15, 0.2) is 0 Å². The molecule has 0 radical (unpaired) electrons. The van der Waals surface area contributed by atoms with Crippen LogP contribution in [0, 0.1) is 6.92 Å². The number of aryl methyl sites for hydroxylation is 2. The van der Waals surface area contributed by atoms with E-state index in [-0.39, 0.29) is 31.6 Å². The van der Waals surface area contributed by atoms with E-state index in [4.69, 9.17) is 0 Å². The summed E-state index contributed by atoms with van der Waals surface area (Å²) in [5.74, 6) is 0. The van der Waals surface area contributed by atoms with Crippen LogP contribution in [-0.2, 0) is 38.0 Å². The summed E-state index contributed by atoms with van der Waals surface area (Å²) in [5, 5.41) is 2.77. The van der Waals surface area contributed by atoms with Gasteiger partial charge in [-0.2, -0.15) is 5.56 Å². The second-order valence-corrected chi connectivity index (χ2v) is 7.25. The van der Waals surface area contributed by atoms with Gasteiger partial charge in [0, 0.05) is 26.2 Å². The van der Waals surface area contributed by atoms with Gasteiger partial charge in [-0.3, -0.25) is 0 Å². The molecule has 0 spiro atoms. The van der Waals surface area contributed by atoms with Gasteiger partial charge >= 0.3 is 0 Å². The van der Waals surface area contributed by atoms with Gasteiger partial charge in [0.05, 0.1) is 0 Å². The van der Waals surface area contributed by atoms with E-state index in [1.807, 2.05) is 0 Å². The molecule has 0 aromatic heterocycles. The summed E-state index contributed by atoms with van der Waals surface area (Å²) in [7, 11) is 0. The van der Waals surface area contributed by atoms with Gasteiger partial charge in [-0.05, 0) is 23.0 Å². The number of hydrogen-bond acceptors (Lipinski definition) is 0. The SMILES string of the molecule is CCc1ccc(-c2cccc3[cH-]c(C(C)(C)C)c(C)c23)cc1.[Zr]. The maximum absolute atomic E-state index is 2.37. The molecule has 0 aliphatic heterocycles.